The number of primary amides is 1. The molecule has 11 atom stereocenters. The van der Waals surface area contributed by atoms with Gasteiger partial charge in [0.25, 0.3) is 5.91 Å². The van der Waals surface area contributed by atoms with Crippen LogP contribution in [0.15, 0.2) is 53.5 Å². The molecular weight excluding hydrogens is 699 g/mol. The number of hydrogen-bond donors (Lipinski definition) is 4. The number of likely N-dealkylation sites (N-methyl/N-ethyl adjacent to an activating group) is 1. The molecule has 9 rings (SSSR count). The Kier molecular flexibility index (Phi) is 8.26. The molecular formula is C43H55N5O7. The summed E-state index contributed by atoms with van der Waals surface area (Å²) in [7, 11) is 4.88. The van der Waals surface area contributed by atoms with E-state index < -0.39 is 51.5 Å². The molecule has 2 aromatic carbocycles. The number of carbonyl (C=O) groups is 2. The summed E-state index contributed by atoms with van der Waals surface area (Å²) in [5.41, 5.74) is 4.58. The summed E-state index contributed by atoms with van der Waals surface area (Å²) in [6.07, 6.45) is 5.81. The lowest BCUT2D eigenvalue weighted by Gasteiger charge is -2.63. The third-order valence-electron chi connectivity index (χ3n) is 15.4. The lowest BCUT2D eigenvalue weighted by Crippen LogP contribution is -2.81. The number of fused-ring (bicyclic) bond motifs is 6. The first kappa shape index (κ1) is 36.8. The molecule has 2 unspecified atom stereocenters. The topological polar surface area (TPSA) is 161 Å². The molecule has 0 aromatic heterocycles. The third-order valence-corrected chi connectivity index (χ3v) is 15.4. The Morgan fingerprint density at radius 2 is 1.82 bits per heavy atom. The number of hydrogen-bond acceptors (Lipinski definition) is 11. The number of nitrogens with zero attached hydrogens (tertiary/aromatic N) is 4. The smallest absolute Gasteiger partial charge is 0.322 e. The number of aliphatic hydroxyl groups excluding tert-OH is 1. The Hall–Kier alpha value is -3.81. The first-order valence-electron chi connectivity index (χ1n) is 20.1. The number of aliphatic hydroxyl groups is 3. The average Bonchev–Trinajstić information content (AvgIpc) is 3.84. The fraction of sp³-hybridized carbons (Fsp3) is 0.605. The minimum Gasteiger partial charge on any atom is -0.496 e. The molecule has 12 nitrogen and oxygen atoms in total. The molecule has 12 heteroatoms. The van der Waals surface area contributed by atoms with Crippen molar-refractivity contribution in [1.82, 2.24) is 9.80 Å². The van der Waals surface area contributed by atoms with Gasteiger partial charge in [-0.2, -0.15) is 0 Å². The monoisotopic (exact) mass is 753 g/mol. The highest BCUT2D eigenvalue weighted by atomic mass is 16.5. The lowest BCUT2D eigenvalue weighted by atomic mass is 9.47. The van der Waals surface area contributed by atoms with Crippen LogP contribution in [0.1, 0.15) is 75.0 Å². The van der Waals surface area contributed by atoms with Crippen LogP contribution in [0.2, 0.25) is 0 Å². The van der Waals surface area contributed by atoms with Crippen LogP contribution in [-0.2, 0) is 25.2 Å². The van der Waals surface area contributed by atoms with E-state index in [0.717, 1.165) is 41.3 Å². The van der Waals surface area contributed by atoms with Crippen molar-refractivity contribution in [2.75, 3.05) is 58.9 Å². The average molecular weight is 754 g/mol. The molecule has 55 heavy (non-hydrogen) atoms. The van der Waals surface area contributed by atoms with Crippen molar-refractivity contribution in [3.05, 3.63) is 65.2 Å². The maximum Gasteiger partial charge on any atom is 0.322 e. The normalized spacial score (nSPS) is 41.1. The van der Waals surface area contributed by atoms with Gasteiger partial charge in [0.15, 0.2) is 5.60 Å². The van der Waals surface area contributed by atoms with Gasteiger partial charge < -0.3 is 40.3 Å². The molecule has 7 aliphatic rings. The number of amides is 1. The number of methoxy groups -OCH3 is 2. The Morgan fingerprint density at radius 1 is 1.04 bits per heavy atom. The number of nitrogens with two attached hydrogens (primary N) is 1. The summed E-state index contributed by atoms with van der Waals surface area (Å²) in [5.74, 6) is -1.22. The Morgan fingerprint density at radius 3 is 2.53 bits per heavy atom. The zero-order chi connectivity index (χ0) is 38.9. The standard InChI is InChI=1S/C43H55N5O7/c1-6-39(52)21-25-22-42(38(51)55-5,33-27(13-17-47(23-25)24-39)26-11-8-9-12-30(26)45-33)29-19-28-31(20-32(29)54-4)46(3)35-41(28)15-18-48-16-10-14-40(7-2,34(41)48)36(49)43(35,53)37(44)50/h8-12,14,19-20,25,27,34-36,49,52-53H,6-7,13,15-18,21-24H2,1-5H3,(H2,44,50)/t25-,27?,34+,35-,36-,39+,40-,41-,42+,43+/m1/s1. The number of esters is 1. The second-order valence-electron chi connectivity index (χ2n) is 17.6. The molecule has 2 aromatic rings. The Labute approximate surface area is 323 Å². The maximum atomic E-state index is 15.2. The van der Waals surface area contributed by atoms with Gasteiger partial charge in [-0.25, -0.2) is 0 Å². The lowest BCUT2D eigenvalue weighted by molar-refractivity contribution is -0.201. The Bertz CT molecular complexity index is 2020. The summed E-state index contributed by atoms with van der Waals surface area (Å²) in [6.45, 7) is 7.41. The molecule has 1 aliphatic carbocycles. The third kappa shape index (κ3) is 4.54. The number of benzene rings is 2. The van der Waals surface area contributed by atoms with Crippen molar-refractivity contribution >= 4 is 29.0 Å². The quantitative estimate of drug-likeness (QED) is 0.255. The zero-order valence-corrected chi connectivity index (χ0v) is 32.6. The van der Waals surface area contributed by atoms with Gasteiger partial charge in [-0.05, 0) is 80.8 Å². The predicted octanol–water partition coefficient (Wildman–Crippen LogP) is 2.92. The van der Waals surface area contributed by atoms with Gasteiger partial charge in [0, 0.05) is 72.5 Å². The van der Waals surface area contributed by atoms with E-state index in [-0.39, 0.29) is 17.9 Å². The molecule has 5 N–H and O–H groups in total. The minimum absolute atomic E-state index is 0.0857. The highest BCUT2D eigenvalue weighted by Gasteiger charge is 2.78. The number of rotatable bonds is 6. The fourth-order valence-electron chi connectivity index (χ4n) is 13.2. The minimum atomic E-state index is -2.30. The molecule has 1 amide bonds. The zero-order valence-electron chi connectivity index (χ0n) is 32.6. The highest BCUT2D eigenvalue weighted by Crippen LogP contribution is 2.67. The number of anilines is 1. The van der Waals surface area contributed by atoms with Crippen LogP contribution in [0.3, 0.4) is 0 Å². The van der Waals surface area contributed by atoms with Crippen LogP contribution in [0.5, 0.6) is 5.75 Å². The summed E-state index contributed by atoms with van der Waals surface area (Å²) in [4.78, 5) is 40.9. The SMILES string of the molecule is CC[C@]1(O)C[C@H]2CN(CCC3C(=Nc4ccccc43)[C@@](C(=O)OC)(c3cc4c(cc3OC)N(C)[C@H]3[C@@](O)(C(N)=O)[C@H](O)[C@]5(CC)C=CCN6CC[C@]43[C@@H]65)C2)C1. The van der Waals surface area contributed by atoms with Crippen LogP contribution in [0.25, 0.3) is 0 Å². The van der Waals surface area contributed by atoms with E-state index in [2.05, 4.69) is 21.9 Å². The summed E-state index contributed by atoms with van der Waals surface area (Å²) >= 11 is 0. The van der Waals surface area contributed by atoms with Crippen LogP contribution < -0.4 is 15.4 Å². The van der Waals surface area contributed by atoms with Crippen molar-refractivity contribution in [3.8, 4) is 5.75 Å². The van der Waals surface area contributed by atoms with Crippen molar-refractivity contribution in [1.29, 1.82) is 0 Å². The van der Waals surface area contributed by atoms with Gasteiger partial charge in [-0.3, -0.25) is 19.5 Å². The predicted molar refractivity (Wildman–Crippen MR) is 208 cm³/mol. The van der Waals surface area contributed by atoms with E-state index in [1.165, 1.54) is 7.11 Å². The van der Waals surface area contributed by atoms with E-state index >= 15 is 4.79 Å². The molecule has 6 aliphatic heterocycles. The maximum absolute atomic E-state index is 15.2. The molecule has 4 fully saturated rings. The van der Waals surface area contributed by atoms with Crippen molar-refractivity contribution < 1.29 is 34.4 Å². The van der Waals surface area contributed by atoms with E-state index in [9.17, 15) is 20.1 Å². The van der Waals surface area contributed by atoms with Gasteiger partial charge in [0.2, 0.25) is 0 Å². The fourth-order valence-corrected chi connectivity index (χ4v) is 13.2. The van der Waals surface area contributed by atoms with Crippen LogP contribution in [-0.4, -0.2) is 126 Å². The van der Waals surface area contributed by atoms with Crippen molar-refractivity contribution in [2.24, 2.45) is 22.1 Å². The molecule has 6 heterocycles. The molecule has 1 saturated carbocycles. The number of ether oxygens (including phenoxy) is 2. The van der Waals surface area contributed by atoms with E-state index in [1.807, 2.05) is 62.2 Å². The highest BCUT2D eigenvalue weighted by molar-refractivity contribution is 6.18. The van der Waals surface area contributed by atoms with Gasteiger partial charge in [-0.1, -0.05) is 44.2 Å². The number of carbonyl (C=O) groups excluding carboxylic acids is 2. The number of aliphatic imine (C=N–C) groups is 1. The molecule has 2 bridgehead atoms. The van der Waals surface area contributed by atoms with Crippen molar-refractivity contribution in [3.63, 3.8) is 0 Å². The second kappa shape index (κ2) is 12.3. The van der Waals surface area contributed by atoms with Crippen LogP contribution in [0.4, 0.5) is 11.4 Å². The summed E-state index contributed by atoms with van der Waals surface area (Å²) in [5, 5.41) is 36.9. The molecule has 1 spiro atoms. The second-order valence-corrected chi connectivity index (χ2v) is 17.6. The van der Waals surface area contributed by atoms with E-state index in [4.69, 9.17) is 20.2 Å². The van der Waals surface area contributed by atoms with Crippen LogP contribution in [0, 0.1) is 11.3 Å². The van der Waals surface area contributed by atoms with E-state index in [0.29, 0.717) is 69.5 Å². The first-order chi connectivity index (χ1) is 26.3. The summed E-state index contributed by atoms with van der Waals surface area (Å²) in [6, 6.07) is 11.0. The first-order valence-corrected chi connectivity index (χ1v) is 20.1. The number of piperidine rings is 1. The molecule has 294 valence electrons. The van der Waals surface area contributed by atoms with E-state index in [1.54, 1.807) is 7.11 Å². The van der Waals surface area contributed by atoms with Crippen LogP contribution >= 0.6 is 0 Å². The largest absolute Gasteiger partial charge is 0.496 e. The van der Waals surface area contributed by atoms with Gasteiger partial charge >= 0.3 is 5.97 Å². The van der Waals surface area contributed by atoms with Gasteiger partial charge in [-0.15, -0.1) is 0 Å². The number of para-hydroxylation sites is 1. The summed E-state index contributed by atoms with van der Waals surface area (Å²) < 4.78 is 12.2. The van der Waals surface area contributed by atoms with Gasteiger partial charge in [0.1, 0.15) is 17.3 Å². The molecule has 0 radical (unpaired) electrons. The van der Waals surface area contributed by atoms with Crippen molar-refractivity contribution in [2.45, 2.75) is 98.5 Å². The Balaban J connectivity index is 1.34. The van der Waals surface area contributed by atoms with Gasteiger partial charge in [0.05, 0.1) is 31.5 Å². The molecule has 3 saturated heterocycles.